The van der Waals surface area contributed by atoms with Crippen LogP contribution in [0.3, 0.4) is 0 Å². The van der Waals surface area contributed by atoms with Gasteiger partial charge in [0.05, 0.1) is 23.9 Å². The van der Waals surface area contributed by atoms with Gasteiger partial charge in [0.25, 0.3) is 0 Å². The number of likely N-dealkylation sites (tertiary alicyclic amines) is 1. The molecule has 0 bridgehead atoms. The normalized spacial score (nSPS) is 28.1. The van der Waals surface area contributed by atoms with Crippen molar-refractivity contribution in [2.24, 2.45) is 11.8 Å². The minimum atomic E-state index is -1.11. The minimum absolute atomic E-state index is 0.0229. The molecule has 3 heterocycles. The zero-order valence-electron chi connectivity index (χ0n) is 15.6. The van der Waals surface area contributed by atoms with Crippen molar-refractivity contribution in [2.45, 2.75) is 45.3 Å². The number of amides is 2. The van der Waals surface area contributed by atoms with Crippen molar-refractivity contribution in [1.82, 2.24) is 15.1 Å². The molecule has 0 spiro atoms. The van der Waals surface area contributed by atoms with Crippen molar-refractivity contribution >= 4 is 23.6 Å². The number of hydrogen-bond donors (Lipinski definition) is 4. The Kier molecular flexibility index (Phi) is 5.23. The molecule has 9 heteroatoms. The number of carboxylic acid groups (broad SMARTS) is 1. The van der Waals surface area contributed by atoms with E-state index in [4.69, 9.17) is 5.41 Å². The fraction of sp³-hybridized carbons (Fsp3) is 0.667. The fourth-order valence-electron chi connectivity index (χ4n) is 4.47. The van der Waals surface area contributed by atoms with Gasteiger partial charge >= 0.3 is 5.97 Å². The number of aliphatic hydroxyl groups is 1. The Labute approximate surface area is 157 Å². The Morgan fingerprint density at radius 1 is 1.41 bits per heavy atom. The van der Waals surface area contributed by atoms with Crippen molar-refractivity contribution in [1.29, 1.82) is 5.41 Å². The van der Waals surface area contributed by atoms with Crippen LogP contribution in [0, 0.1) is 17.2 Å². The van der Waals surface area contributed by atoms with Gasteiger partial charge in [0.1, 0.15) is 5.70 Å². The molecule has 9 nitrogen and oxygen atoms in total. The fourth-order valence-corrected chi connectivity index (χ4v) is 4.47. The first-order valence-electron chi connectivity index (χ1n) is 9.26. The van der Waals surface area contributed by atoms with E-state index in [0.29, 0.717) is 38.3 Å². The second-order valence-electron chi connectivity index (χ2n) is 7.54. The number of carbonyl (C=O) groups excluding carboxylic acids is 2. The van der Waals surface area contributed by atoms with Crippen molar-refractivity contribution in [3.05, 3.63) is 11.3 Å². The minimum Gasteiger partial charge on any atom is -0.477 e. The molecule has 3 aliphatic heterocycles. The zero-order chi connectivity index (χ0) is 19.9. The van der Waals surface area contributed by atoms with Gasteiger partial charge in [-0.3, -0.25) is 15.0 Å². The Balaban J connectivity index is 1.68. The molecule has 0 unspecified atom stereocenters. The van der Waals surface area contributed by atoms with E-state index in [-0.39, 0.29) is 29.5 Å². The van der Waals surface area contributed by atoms with Crippen LogP contribution < -0.4 is 5.32 Å². The van der Waals surface area contributed by atoms with Crippen molar-refractivity contribution < 1.29 is 24.6 Å². The lowest BCUT2D eigenvalue weighted by molar-refractivity contribution is -0.161. The van der Waals surface area contributed by atoms with E-state index in [2.05, 4.69) is 5.32 Å². The maximum absolute atomic E-state index is 12.3. The topological polar surface area (TPSA) is 134 Å². The van der Waals surface area contributed by atoms with Gasteiger partial charge in [-0.05, 0) is 25.3 Å². The highest BCUT2D eigenvalue weighted by molar-refractivity contribution is 5.99. The van der Waals surface area contributed by atoms with E-state index < -0.39 is 18.0 Å². The summed E-state index contributed by atoms with van der Waals surface area (Å²) in [7, 11) is 0. The summed E-state index contributed by atoms with van der Waals surface area (Å²) in [6.07, 6.45) is 0.827. The summed E-state index contributed by atoms with van der Waals surface area (Å²) in [6, 6.07) is -0.271. The lowest BCUT2D eigenvalue weighted by atomic mass is 9.82. The van der Waals surface area contributed by atoms with Gasteiger partial charge in [-0.15, -0.1) is 0 Å². The average Bonchev–Trinajstić information content (AvgIpc) is 3.16. The van der Waals surface area contributed by atoms with Crippen LogP contribution in [0.4, 0.5) is 0 Å². The highest BCUT2D eigenvalue weighted by Gasteiger charge is 2.57. The van der Waals surface area contributed by atoms with Gasteiger partial charge in [-0.1, -0.05) is 0 Å². The Hall–Kier alpha value is -2.42. The lowest BCUT2D eigenvalue weighted by Gasteiger charge is -2.44. The first kappa shape index (κ1) is 19.3. The molecular weight excluding hydrogens is 352 g/mol. The average molecular weight is 378 g/mol. The van der Waals surface area contributed by atoms with Gasteiger partial charge in [0.15, 0.2) is 0 Å². The summed E-state index contributed by atoms with van der Waals surface area (Å²) < 4.78 is 0. The summed E-state index contributed by atoms with van der Waals surface area (Å²) in [5, 5.41) is 30.3. The molecule has 0 aromatic rings. The molecule has 3 rings (SSSR count). The van der Waals surface area contributed by atoms with Crippen LogP contribution in [0.1, 0.15) is 33.1 Å². The van der Waals surface area contributed by atoms with Crippen molar-refractivity contribution in [3.63, 3.8) is 0 Å². The molecule has 2 saturated heterocycles. The first-order chi connectivity index (χ1) is 12.7. The van der Waals surface area contributed by atoms with E-state index in [1.54, 1.807) is 6.92 Å². The molecule has 0 radical (unpaired) electrons. The van der Waals surface area contributed by atoms with Crippen LogP contribution in [-0.2, 0) is 14.4 Å². The summed E-state index contributed by atoms with van der Waals surface area (Å²) >= 11 is 0. The van der Waals surface area contributed by atoms with Crippen LogP contribution in [0.2, 0.25) is 0 Å². The Bertz CT molecular complexity index is 717. The molecule has 2 amide bonds. The molecule has 2 fully saturated rings. The molecule has 27 heavy (non-hydrogen) atoms. The van der Waals surface area contributed by atoms with E-state index >= 15 is 0 Å². The number of carboxylic acids is 1. The molecule has 0 aromatic carbocycles. The monoisotopic (exact) mass is 378 g/mol. The highest BCUT2D eigenvalue weighted by atomic mass is 16.4. The Morgan fingerprint density at radius 2 is 2.11 bits per heavy atom. The van der Waals surface area contributed by atoms with Gasteiger partial charge in [0.2, 0.25) is 11.8 Å². The van der Waals surface area contributed by atoms with Crippen LogP contribution in [-0.4, -0.2) is 75.4 Å². The molecule has 0 saturated carbocycles. The highest BCUT2D eigenvalue weighted by Crippen LogP contribution is 2.47. The second-order valence-corrected chi connectivity index (χ2v) is 7.54. The summed E-state index contributed by atoms with van der Waals surface area (Å²) in [5.41, 5.74) is 0.819. The van der Waals surface area contributed by atoms with Crippen LogP contribution in [0.25, 0.3) is 0 Å². The zero-order valence-corrected chi connectivity index (χ0v) is 15.6. The van der Waals surface area contributed by atoms with Crippen LogP contribution in [0.15, 0.2) is 11.3 Å². The number of aliphatic carboxylic acids is 1. The number of nitrogens with zero attached hydrogens (tertiary/aromatic N) is 2. The van der Waals surface area contributed by atoms with E-state index in [0.717, 1.165) is 12.0 Å². The second kappa shape index (κ2) is 7.30. The maximum atomic E-state index is 12.3. The summed E-state index contributed by atoms with van der Waals surface area (Å²) in [6.45, 7) is 4.59. The molecule has 148 valence electrons. The van der Waals surface area contributed by atoms with Gasteiger partial charge < -0.3 is 25.3 Å². The van der Waals surface area contributed by atoms with E-state index in [1.165, 1.54) is 11.8 Å². The largest absolute Gasteiger partial charge is 0.477 e. The number of nitrogens with one attached hydrogen (secondary N) is 2. The van der Waals surface area contributed by atoms with E-state index in [9.17, 15) is 24.6 Å². The van der Waals surface area contributed by atoms with Crippen molar-refractivity contribution in [2.75, 3.05) is 19.6 Å². The number of rotatable bonds is 6. The van der Waals surface area contributed by atoms with Crippen molar-refractivity contribution in [3.8, 4) is 0 Å². The molecule has 0 aromatic heterocycles. The smallest absolute Gasteiger partial charge is 0.352 e. The van der Waals surface area contributed by atoms with Crippen LogP contribution in [0.5, 0.6) is 0 Å². The molecule has 3 aliphatic rings. The predicted molar refractivity (Wildman–Crippen MR) is 95.8 cm³/mol. The number of β-lactam (4-membered cyclic amide) rings is 1. The third kappa shape index (κ3) is 3.43. The molecule has 4 atom stereocenters. The van der Waals surface area contributed by atoms with Gasteiger partial charge in [0, 0.05) is 38.9 Å². The molecule has 4 N–H and O–H groups in total. The maximum Gasteiger partial charge on any atom is 0.352 e. The first-order valence-corrected chi connectivity index (χ1v) is 9.26. The molecule has 0 aliphatic carbocycles. The number of aliphatic hydroxyl groups excluding tert-OH is 1. The summed E-state index contributed by atoms with van der Waals surface area (Å²) in [4.78, 5) is 38.3. The van der Waals surface area contributed by atoms with Gasteiger partial charge in [-0.25, -0.2) is 4.79 Å². The van der Waals surface area contributed by atoms with Crippen LogP contribution >= 0.6 is 0 Å². The Morgan fingerprint density at radius 3 is 2.70 bits per heavy atom. The van der Waals surface area contributed by atoms with E-state index in [1.807, 2.05) is 4.90 Å². The summed E-state index contributed by atoms with van der Waals surface area (Å²) in [5.74, 6) is -1.70. The number of fused-ring (bicyclic) bond motifs is 1. The number of carbonyl (C=O) groups is 3. The molecular formula is C18H26N4O5. The number of amidine groups is 1. The standard InChI is InChI=1S/C18H26N4O5/c1-9(23)15-13-7-12(16(18(26)27)22(13)17(15)25)11-4-6-21(8-11)14(19)3-5-20-10(2)24/h9,11,13,15,19,23H,3-8H2,1-2H3,(H,20,24)(H,26,27)/t9-,11-,13-,15-/m1/s1. The third-order valence-corrected chi connectivity index (χ3v) is 5.76. The van der Waals surface area contributed by atoms with Gasteiger partial charge in [-0.2, -0.15) is 0 Å². The quantitative estimate of drug-likeness (QED) is 0.286. The SMILES string of the molecule is CC(=O)NCCC(=N)N1CC[C@@H](C2=C(C(=O)O)N3C(=O)[C@H]([C@@H](C)O)[C@H]3C2)C1. The lowest BCUT2D eigenvalue weighted by Crippen LogP contribution is -2.61. The number of hydrogen-bond acceptors (Lipinski definition) is 5. The third-order valence-electron chi connectivity index (χ3n) is 5.76. The predicted octanol–water partition coefficient (Wildman–Crippen LogP) is -0.238.